The Morgan fingerprint density at radius 2 is 1.51 bits per heavy atom. The molecule has 0 radical (unpaired) electrons. The monoisotopic (exact) mass is 497 g/mol. The number of benzene rings is 3. The number of carbonyl (C=O) groups excluding carboxylic acids is 1. The molecular formula is C31H31NO5. The molecule has 0 saturated carbocycles. The summed E-state index contributed by atoms with van der Waals surface area (Å²) in [6, 6.07) is 24.6. The summed E-state index contributed by atoms with van der Waals surface area (Å²) in [6.45, 7) is 1.48. The van der Waals surface area contributed by atoms with E-state index in [1.165, 1.54) is 22.3 Å². The zero-order valence-corrected chi connectivity index (χ0v) is 20.7. The van der Waals surface area contributed by atoms with Crippen molar-refractivity contribution >= 4 is 6.09 Å². The van der Waals surface area contributed by atoms with Crippen LogP contribution in [0.5, 0.6) is 0 Å². The van der Waals surface area contributed by atoms with Gasteiger partial charge in [-0.3, -0.25) is 0 Å². The van der Waals surface area contributed by atoms with E-state index in [0.717, 1.165) is 24.0 Å². The maximum Gasteiger partial charge on any atom is 0.410 e. The van der Waals surface area contributed by atoms with Crippen molar-refractivity contribution < 1.29 is 24.1 Å². The largest absolute Gasteiger partial charge is 0.448 e. The maximum atomic E-state index is 13.4. The molecule has 3 aliphatic heterocycles. The average molecular weight is 498 g/mol. The summed E-state index contributed by atoms with van der Waals surface area (Å²) < 4.78 is 17.3. The van der Waals surface area contributed by atoms with E-state index < -0.39 is 5.60 Å². The smallest absolute Gasteiger partial charge is 0.410 e. The highest BCUT2D eigenvalue weighted by atomic mass is 16.7. The number of aliphatic hydroxyl groups is 1. The minimum absolute atomic E-state index is 0.0398. The molecular weight excluding hydrogens is 466 g/mol. The minimum atomic E-state index is -0.986. The molecule has 2 unspecified atom stereocenters. The van der Waals surface area contributed by atoms with Gasteiger partial charge >= 0.3 is 6.09 Å². The predicted molar refractivity (Wildman–Crippen MR) is 138 cm³/mol. The molecule has 7 rings (SSSR count). The molecule has 4 aliphatic rings. The molecule has 1 amide bonds. The molecule has 2 bridgehead atoms. The fourth-order valence-electron chi connectivity index (χ4n) is 6.95. The minimum Gasteiger partial charge on any atom is -0.448 e. The highest BCUT2D eigenvalue weighted by molar-refractivity contribution is 5.79. The summed E-state index contributed by atoms with van der Waals surface area (Å²) in [5.74, 6) is 0.0403. The van der Waals surface area contributed by atoms with Gasteiger partial charge in [0, 0.05) is 36.4 Å². The Balaban J connectivity index is 1.07. The summed E-state index contributed by atoms with van der Waals surface area (Å²) in [7, 11) is 0. The topological polar surface area (TPSA) is 68.2 Å². The van der Waals surface area contributed by atoms with Crippen molar-refractivity contribution in [3.05, 3.63) is 95.1 Å². The number of hydrogen-bond acceptors (Lipinski definition) is 5. The summed E-state index contributed by atoms with van der Waals surface area (Å²) in [5.41, 5.74) is 5.67. The van der Waals surface area contributed by atoms with Gasteiger partial charge in [0.1, 0.15) is 6.61 Å². The Morgan fingerprint density at radius 1 is 0.892 bits per heavy atom. The second-order valence-electron chi connectivity index (χ2n) is 10.7. The number of amides is 1. The van der Waals surface area contributed by atoms with Gasteiger partial charge in [0.2, 0.25) is 0 Å². The molecule has 3 saturated heterocycles. The molecule has 3 fully saturated rings. The average Bonchev–Trinajstić information content (AvgIpc) is 3.64. The van der Waals surface area contributed by atoms with E-state index in [0.29, 0.717) is 32.7 Å². The number of piperidine rings is 1. The van der Waals surface area contributed by atoms with Gasteiger partial charge in [-0.15, -0.1) is 0 Å². The normalized spacial score (nSPS) is 26.8. The first kappa shape index (κ1) is 23.0. The molecule has 3 aromatic rings. The van der Waals surface area contributed by atoms with Gasteiger partial charge in [0.05, 0.1) is 18.8 Å². The van der Waals surface area contributed by atoms with Crippen LogP contribution in [0.4, 0.5) is 4.79 Å². The summed E-state index contributed by atoms with van der Waals surface area (Å²) in [4.78, 5) is 15.3. The quantitative estimate of drug-likeness (QED) is 0.516. The summed E-state index contributed by atoms with van der Waals surface area (Å²) in [5, 5.41) is 11.8. The second kappa shape index (κ2) is 8.98. The lowest BCUT2D eigenvalue weighted by Crippen LogP contribution is -2.52. The van der Waals surface area contributed by atoms with Crippen LogP contribution in [-0.4, -0.2) is 48.0 Å². The summed E-state index contributed by atoms with van der Waals surface area (Å²) in [6.07, 6.45) is 2.13. The fourth-order valence-corrected chi connectivity index (χ4v) is 6.95. The highest BCUT2D eigenvalue weighted by Crippen LogP contribution is 2.47. The molecule has 190 valence electrons. The number of fused-ring (bicyclic) bond motifs is 5. The Labute approximate surface area is 216 Å². The van der Waals surface area contributed by atoms with Gasteiger partial charge in [0.15, 0.2) is 6.29 Å². The van der Waals surface area contributed by atoms with Crippen molar-refractivity contribution in [3.63, 3.8) is 0 Å². The first-order chi connectivity index (χ1) is 18.1. The Hall–Kier alpha value is -3.19. The maximum absolute atomic E-state index is 13.4. The van der Waals surface area contributed by atoms with E-state index in [1.807, 2.05) is 41.3 Å². The van der Waals surface area contributed by atoms with Crippen molar-refractivity contribution in [1.29, 1.82) is 0 Å². The van der Waals surface area contributed by atoms with Gasteiger partial charge in [-0.05, 0) is 46.7 Å². The predicted octanol–water partition coefficient (Wildman–Crippen LogP) is 5.50. The standard InChI is InChI=1S/C31H31NO5/c33-30(37-19-28-26-10-3-1-8-24(26)25-9-2-4-11-27(25)28)32-22-12-13-23(32)18-31(34,17-22)21-7-5-6-20(16-21)29-35-14-15-36-29/h1-11,16,22-23,28-29,34H,12-15,17-19H2. The van der Waals surface area contributed by atoms with Gasteiger partial charge in [-0.1, -0.05) is 66.7 Å². The first-order valence-corrected chi connectivity index (χ1v) is 13.3. The van der Waals surface area contributed by atoms with Crippen LogP contribution in [0.3, 0.4) is 0 Å². The van der Waals surface area contributed by atoms with Crippen LogP contribution in [0.25, 0.3) is 11.1 Å². The lowest BCUT2D eigenvalue weighted by atomic mass is 9.80. The third-order valence-corrected chi connectivity index (χ3v) is 8.63. The summed E-state index contributed by atoms with van der Waals surface area (Å²) >= 11 is 0. The van der Waals surface area contributed by atoms with E-state index in [-0.39, 0.29) is 30.4 Å². The second-order valence-corrected chi connectivity index (χ2v) is 10.7. The van der Waals surface area contributed by atoms with E-state index in [9.17, 15) is 9.90 Å². The SMILES string of the molecule is O=C(OCC1c2ccccc2-c2ccccc21)N1C2CCC1CC(O)(c1cccc(C3OCCO3)c1)C2. The fraction of sp³-hybridized carbons (Fsp3) is 0.387. The highest BCUT2D eigenvalue weighted by Gasteiger charge is 2.51. The molecule has 2 atom stereocenters. The zero-order chi connectivity index (χ0) is 25.0. The van der Waals surface area contributed by atoms with Crippen LogP contribution in [0.2, 0.25) is 0 Å². The molecule has 6 heteroatoms. The van der Waals surface area contributed by atoms with E-state index in [4.69, 9.17) is 14.2 Å². The zero-order valence-electron chi connectivity index (χ0n) is 20.7. The first-order valence-electron chi connectivity index (χ1n) is 13.3. The molecule has 3 heterocycles. The van der Waals surface area contributed by atoms with Crippen molar-refractivity contribution in [3.8, 4) is 11.1 Å². The molecule has 0 spiro atoms. The van der Waals surface area contributed by atoms with E-state index in [1.54, 1.807) is 0 Å². The Morgan fingerprint density at radius 3 is 2.16 bits per heavy atom. The number of carbonyl (C=O) groups is 1. The van der Waals surface area contributed by atoms with Crippen LogP contribution in [0, 0.1) is 0 Å². The molecule has 3 aromatic carbocycles. The Bertz CT molecular complexity index is 1270. The third kappa shape index (κ3) is 3.86. The van der Waals surface area contributed by atoms with Crippen LogP contribution in [0.1, 0.15) is 60.1 Å². The van der Waals surface area contributed by atoms with Gasteiger partial charge in [0.25, 0.3) is 0 Å². The molecule has 6 nitrogen and oxygen atoms in total. The van der Waals surface area contributed by atoms with Gasteiger partial charge in [-0.25, -0.2) is 4.79 Å². The molecule has 0 aromatic heterocycles. The van der Waals surface area contributed by atoms with Crippen molar-refractivity contribution in [2.45, 2.75) is 55.6 Å². The lowest BCUT2D eigenvalue weighted by molar-refractivity contribution is -0.0550. The number of nitrogens with zero attached hydrogens (tertiary/aromatic N) is 1. The molecule has 1 aliphatic carbocycles. The molecule has 1 N–H and O–H groups in total. The van der Waals surface area contributed by atoms with Crippen LogP contribution < -0.4 is 0 Å². The number of rotatable bonds is 4. The van der Waals surface area contributed by atoms with Gasteiger partial charge < -0.3 is 24.2 Å². The lowest BCUT2D eigenvalue weighted by Gasteiger charge is -2.43. The van der Waals surface area contributed by atoms with Crippen LogP contribution in [0.15, 0.2) is 72.8 Å². The van der Waals surface area contributed by atoms with Gasteiger partial charge in [-0.2, -0.15) is 0 Å². The van der Waals surface area contributed by atoms with Crippen molar-refractivity contribution in [2.24, 2.45) is 0 Å². The number of hydrogen-bond donors (Lipinski definition) is 1. The van der Waals surface area contributed by atoms with E-state index >= 15 is 0 Å². The van der Waals surface area contributed by atoms with E-state index in [2.05, 4.69) is 36.4 Å². The van der Waals surface area contributed by atoms with Crippen molar-refractivity contribution in [2.75, 3.05) is 19.8 Å². The van der Waals surface area contributed by atoms with Crippen LogP contribution in [-0.2, 0) is 19.8 Å². The third-order valence-electron chi connectivity index (χ3n) is 8.63. The number of ether oxygens (including phenoxy) is 3. The Kier molecular flexibility index (Phi) is 5.57. The molecule has 37 heavy (non-hydrogen) atoms. The van der Waals surface area contributed by atoms with Crippen LogP contribution >= 0.6 is 0 Å². The van der Waals surface area contributed by atoms with Crippen molar-refractivity contribution in [1.82, 2.24) is 4.90 Å².